The van der Waals surface area contributed by atoms with Crippen molar-refractivity contribution in [1.29, 1.82) is 0 Å². The van der Waals surface area contributed by atoms with E-state index in [0.717, 1.165) is 18.0 Å². The van der Waals surface area contributed by atoms with E-state index in [1.165, 1.54) is 5.56 Å². The SMILES string of the molecule is CCNC(COC(C)C(C)C)c1ccc2c(c1)OCO2. The number of fused-ring (bicyclic) bond motifs is 1. The molecule has 4 heteroatoms. The van der Waals surface area contributed by atoms with Gasteiger partial charge in [0.05, 0.1) is 18.8 Å². The highest BCUT2D eigenvalue weighted by molar-refractivity contribution is 5.45. The molecule has 2 rings (SSSR count). The zero-order valence-corrected chi connectivity index (χ0v) is 12.8. The van der Waals surface area contributed by atoms with Gasteiger partial charge in [-0.3, -0.25) is 0 Å². The molecule has 1 aliphatic rings. The molecule has 0 amide bonds. The molecule has 1 aliphatic heterocycles. The van der Waals surface area contributed by atoms with Gasteiger partial charge < -0.3 is 19.5 Å². The average molecular weight is 279 g/mol. The zero-order valence-electron chi connectivity index (χ0n) is 12.8. The van der Waals surface area contributed by atoms with Crippen LogP contribution in [0, 0.1) is 5.92 Å². The normalized spacial score (nSPS) is 16.4. The summed E-state index contributed by atoms with van der Waals surface area (Å²) >= 11 is 0. The molecule has 4 nitrogen and oxygen atoms in total. The number of ether oxygens (including phenoxy) is 3. The maximum Gasteiger partial charge on any atom is 0.231 e. The van der Waals surface area contributed by atoms with Crippen LogP contribution in [0.2, 0.25) is 0 Å². The lowest BCUT2D eigenvalue weighted by Crippen LogP contribution is -2.28. The molecule has 2 unspecified atom stereocenters. The maximum absolute atomic E-state index is 5.96. The fourth-order valence-electron chi connectivity index (χ4n) is 2.09. The van der Waals surface area contributed by atoms with E-state index >= 15 is 0 Å². The van der Waals surface area contributed by atoms with Gasteiger partial charge >= 0.3 is 0 Å². The van der Waals surface area contributed by atoms with Gasteiger partial charge in [0.25, 0.3) is 0 Å². The topological polar surface area (TPSA) is 39.7 Å². The lowest BCUT2D eigenvalue weighted by molar-refractivity contribution is 0.0220. The Kier molecular flexibility index (Phi) is 5.26. The zero-order chi connectivity index (χ0) is 14.5. The molecule has 1 aromatic rings. The Bertz CT molecular complexity index is 434. The van der Waals surface area contributed by atoms with Crippen molar-refractivity contribution in [2.45, 2.75) is 39.8 Å². The molecule has 0 aliphatic carbocycles. The predicted octanol–water partition coefficient (Wildman–Crippen LogP) is 3.13. The van der Waals surface area contributed by atoms with E-state index in [-0.39, 0.29) is 12.1 Å². The minimum Gasteiger partial charge on any atom is -0.454 e. The van der Waals surface area contributed by atoms with Gasteiger partial charge in [-0.15, -0.1) is 0 Å². The first-order chi connectivity index (χ1) is 9.61. The first-order valence-corrected chi connectivity index (χ1v) is 7.36. The van der Waals surface area contributed by atoms with Crippen LogP contribution in [-0.2, 0) is 4.74 Å². The Balaban J connectivity index is 2.04. The lowest BCUT2D eigenvalue weighted by atomic mass is 10.1. The van der Waals surface area contributed by atoms with E-state index in [9.17, 15) is 0 Å². The average Bonchev–Trinajstić information content (AvgIpc) is 2.90. The third-order valence-corrected chi connectivity index (χ3v) is 3.71. The summed E-state index contributed by atoms with van der Waals surface area (Å²) < 4.78 is 16.7. The highest BCUT2D eigenvalue weighted by Crippen LogP contribution is 2.34. The first kappa shape index (κ1) is 15.1. The fourth-order valence-corrected chi connectivity index (χ4v) is 2.09. The molecule has 0 aromatic heterocycles. The smallest absolute Gasteiger partial charge is 0.231 e. The molecule has 0 bridgehead atoms. The van der Waals surface area contributed by atoms with Crippen LogP contribution in [0.4, 0.5) is 0 Å². The summed E-state index contributed by atoms with van der Waals surface area (Å²) in [5.41, 5.74) is 1.17. The molecule has 1 aromatic carbocycles. The molecule has 1 N–H and O–H groups in total. The second kappa shape index (κ2) is 6.95. The monoisotopic (exact) mass is 279 g/mol. The van der Waals surface area contributed by atoms with Crippen LogP contribution in [-0.4, -0.2) is 26.0 Å². The summed E-state index contributed by atoms with van der Waals surface area (Å²) in [7, 11) is 0. The van der Waals surface area contributed by atoms with E-state index in [2.05, 4.69) is 39.1 Å². The minimum absolute atomic E-state index is 0.177. The van der Waals surface area contributed by atoms with Crippen LogP contribution in [0.3, 0.4) is 0 Å². The Labute approximate surface area is 121 Å². The minimum atomic E-state index is 0.177. The van der Waals surface area contributed by atoms with Crippen LogP contribution in [0.1, 0.15) is 39.3 Å². The van der Waals surface area contributed by atoms with E-state index < -0.39 is 0 Å². The van der Waals surface area contributed by atoms with Crippen LogP contribution >= 0.6 is 0 Å². The summed E-state index contributed by atoms with van der Waals surface area (Å²) in [6.07, 6.45) is 0.255. The number of likely N-dealkylation sites (N-methyl/N-ethyl adjacent to an activating group) is 1. The third kappa shape index (κ3) is 3.64. The van der Waals surface area contributed by atoms with Gasteiger partial charge in [0.1, 0.15) is 0 Å². The van der Waals surface area contributed by atoms with Crippen molar-refractivity contribution in [2.75, 3.05) is 19.9 Å². The van der Waals surface area contributed by atoms with Gasteiger partial charge in [0.2, 0.25) is 6.79 Å². The molecule has 1 heterocycles. The summed E-state index contributed by atoms with van der Waals surface area (Å²) in [4.78, 5) is 0. The van der Waals surface area contributed by atoms with E-state index in [0.29, 0.717) is 19.3 Å². The van der Waals surface area contributed by atoms with Crippen LogP contribution in [0.5, 0.6) is 11.5 Å². The molecule has 0 fully saturated rings. The number of benzene rings is 1. The van der Waals surface area contributed by atoms with Crippen LogP contribution in [0.15, 0.2) is 18.2 Å². The van der Waals surface area contributed by atoms with E-state index in [1.54, 1.807) is 0 Å². The van der Waals surface area contributed by atoms with Gasteiger partial charge in [-0.1, -0.05) is 26.8 Å². The Hall–Kier alpha value is -1.26. The molecule has 2 atom stereocenters. The van der Waals surface area contributed by atoms with Gasteiger partial charge in [-0.05, 0) is 37.1 Å². The molecule has 0 saturated carbocycles. The van der Waals surface area contributed by atoms with Crippen molar-refractivity contribution >= 4 is 0 Å². The quantitative estimate of drug-likeness (QED) is 0.832. The summed E-state index contributed by atoms with van der Waals surface area (Å²) in [5.74, 6) is 2.16. The van der Waals surface area contributed by atoms with Crippen molar-refractivity contribution in [3.63, 3.8) is 0 Å². The largest absolute Gasteiger partial charge is 0.454 e. The number of nitrogens with one attached hydrogen (secondary N) is 1. The summed E-state index contributed by atoms with van der Waals surface area (Å²) in [6.45, 7) is 10.4. The Morgan fingerprint density at radius 3 is 2.65 bits per heavy atom. The number of hydrogen-bond acceptors (Lipinski definition) is 4. The Morgan fingerprint density at radius 2 is 1.95 bits per heavy atom. The highest BCUT2D eigenvalue weighted by Gasteiger charge is 2.19. The molecular weight excluding hydrogens is 254 g/mol. The molecule has 112 valence electrons. The second-order valence-electron chi connectivity index (χ2n) is 5.51. The molecular formula is C16H25NO3. The summed E-state index contributed by atoms with van der Waals surface area (Å²) in [6, 6.07) is 6.26. The van der Waals surface area contributed by atoms with E-state index in [1.807, 2.05) is 12.1 Å². The molecule has 0 spiro atoms. The van der Waals surface area contributed by atoms with Crippen LogP contribution in [0.25, 0.3) is 0 Å². The van der Waals surface area contributed by atoms with Gasteiger partial charge in [-0.25, -0.2) is 0 Å². The molecule has 0 radical (unpaired) electrons. The highest BCUT2D eigenvalue weighted by atomic mass is 16.7. The second-order valence-corrected chi connectivity index (χ2v) is 5.51. The van der Waals surface area contributed by atoms with Crippen molar-refractivity contribution in [1.82, 2.24) is 5.32 Å². The molecule has 20 heavy (non-hydrogen) atoms. The van der Waals surface area contributed by atoms with Crippen molar-refractivity contribution in [3.8, 4) is 11.5 Å². The van der Waals surface area contributed by atoms with Gasteiger partial charge in [-0.2, -0.15) is 0 Å². The third-order valence-electron chi connectivity index (χ3n) is 3.71. The maximum atomic E-state index is 5.96. The van der Waals surface area contributed by atoms with Gasteiger partial charge in [0, 0.05) is 0 Å². The lowest BCUT2D eigenvalue weighted by Gasteiger charge is -2.23. The number of rotatable bonds is 7. The standard InChI is InChI=1S/C16H25NO3/c1-5-17-14(9-18-12(4)11(2)3)13-6-7-15-16(8-13)20-10-19-15/h6-8,11-12,14,17H,5,9-10H2,1-4H3. The van der Waals surface area contributed by atoms with Crippen LogP contribution < -0.4 is 14.8 Å². The molecule has 0 saturated heterocycles. The Morgan fingerprint density at radius 1 is 1.20 bits per heavy atom. The predicted molar refractivity (Wildman–Crippen MR) is 79.2 cm³/mol. The van der Waals surface area contributed by atoms with Crippen molar-refractivity contribution < 1.29 is 14.2 Å². The first-order valence-electron chi connectivity index (χ1n) is 7.36. The fraction of sp³-hybridized carbons (Fsp3) is 0.625. The van der Waals surface area contributed by atoms with Gasteiger partial charge in [0.15, 0.2) is 11.5 Å². The number of hydrogen-bond donors (Lipinski definition) is 1. The van der Waals surface area contributed by atoms with Crippen molar-refractivity contribution in [2.24, 2.45) is 5.92 Å². The van der Waals surface area contributed by atoms with Crippen molar-refractivity contribution in [3.05, 3.63) is 23.8 Å². The summed E-state index contributed by atoms with van der Waals surface area (Å²) in [5, 5.41) is 3.46. The van der Waals surface area contributed by atoms with E-state index in [4.69, 9.17) is 14.2 Å².